The third-order valence-corrected chi connectivity index (χ3v) is 11.8. The first-order valence-corrected chi connectivity index (χ1v) is 18.2. The molecule has 252 valence electrons. The Hall–Kier alpha value is -3.48. The molecule has 0 spiro atoms. The first kappa shape index (κ1) is 33.4. The number of carbonyl (C=O) groups excluding carboxylic acids is 4. The molecule has 2 atom stereocenters. The van der Waals surface area contributed by atoms with E-state index < -0.39 is 5.54 Å². The number of hydrogen-bond acceptors (Lipinski definition) is 4. The number of Topliss-reactive ketones (excluding diaryl/α,β-unsaturated/α-hetero) is 1. The van der Waals surface area contributed by atoms with Crippen molar-refractivity contribution >= 4 is 23.5 Å². The zero-order valence-electron chi connectivity index (χ0n) is 28.5. The fourth-order valence-corrected chi connectivity index (χ4v) is 8.94. The van der Waals surface area contributed by atoms with Gasteiger partial charge in [0.05, 0.1) is 12.8 Å². The van der Waals surface area contributed by atoms with Crippen molar-refractivity contribution in [2.24, 2.45) is 23.7 Å². The number of benzene rings is 2. The van der Waals surface area contributed by atoms with Gasteiger partial charge in [-0.3, -0.25) is 19.2 Å². The quantitative estimate of drug-likeness (QED) is 0.393. The Labute approximate surface area is 280 Å². The SMILES string of the molecule is Cc1ccc(CC(=O)N[C@@](C)(CC(=O)N2CCC(C3Cc4ccccc4CC3=O)CC2)C(=O)N2CCC(C3CCCCC3)CC2)cc1. The smallest absolute Gasteiger partial charge is 0.248 e. The molecule has 1 N–H and O–H groups in total. The maximum absolute atomic E-state index is 14.3. The Bertz CT molecular complexity index is 1430. The average molecular weight is 640 g/mol. The summed E-state index contributed by atoms with van der Waals surface area (Å²) in [6, 6.07) is 16.1. The summed E-state index contributed by atoms with van der Waals surface area (Å²) in [6.45, 7) is 6.27. The van der Waals surface area contributed by atoms with Crippen LogP contribution in [-0.2, 0) is 38.4 Å². The number of nitrogens with zero attached hydrogens (tertiary/aromatic N) is 2. The largest absolute Gasteiger partial charge is 0.343 e. The Morgan fingerprint density at radius 3 is 2.04 bits per heavy atom. The number of hydrogen-bond donors (Lipinski definition) is 1. The molecule has 47 heavy (non-hydrogen) atoms. The van der Waals surface area contributed by atoms with Crippen LogP contribution in [0, 0.1) is 30.6 Å². The summed E-state index contributed by atoms with van der Waals surface area (Å²) in [4.78, 5) is 58.4. The number of fused-ring (bicyclic) bond motifs is 1. The van der Waals surface area contributed by atoms with Crippen LogP contribution < -0.4 is 5.32 Å². The van der Waals surface area contributed by atoms with Gasteiger partial charge in [-0.1, -0.05) is 86.2 Å². The second kappa shape index (κ2) is 14.7. The second-order valence-electron chi connectivity index (χ2n) is 15.2. The molecule has 1 saturated carbocycles. The summed E-state index contributed by atoms with van der Waals surface area (Å²) >= 11 is 0. The summed E-state index contributed by atoms with van der Waals surface area (Å²) in [5, 5.41) is 3.05. The Morgan fingerprint density at radius 1 is 0.766 bits per heavy atom. The number of likely N-dealkylation sites (tertiary alicyclic amines) is 2. The van der Waals surface area contributed by atoms with Crippen LogP contribution in [0.3, 0.4) is 0 Å². The van der Waals surface area contributed by atoms with Crippen LogP contribution in [0.1, 0.15) is 93.4 Å². The highest BCUT2D eigenvalue weighted by atomic mass is 16.2. The Kier molecular flexibility index (Phi) is 10.5. The van der Waals surface area contributed by atoms with E-state index in [1.807, 2.05) is 53.1 Å². The number of aryl methyl sites for hydroxylation is 1. The molecule has 6 rings (SSSR count). The molecule has 2 aromatic carbocycles. The number of amides is 3. The van der Waals surface area contributed by atoms with E-state index in [-0.39, 0.29) is 42.4 Å². The van der Waals surface area contributed by atoms with Gasteiger partial charge in [-0.05, 0) is 80.4 Å². The molecule has 0 bridgehead atoms. The third kappa shape index (κ3) is 7.98. The molecule has 2 aliphatic carbocycles. The summed E-state index contributed by atoms with van der Waals surface area (Å²) < 4.78 is 0. The Balaban J connectivity index is 1.10. The first-order chi connectivity index (χ1) is 22.7. The predicted octanol–water partition coefficient (Wildman–Crippen LogP) is 5.84. The van der Waals surface area contributed by atoms with Crippen molar-refractivity contribution in [2.75, 3.05) is 26.2 Å². The minimum atomic E-state index is -1.32. The molecular weight excluding hydrogens is 586 g/mol. The molecule has 3 fully saturated rings. The minimum Gasteiger partial charge on any atom is -0.343 e. The van der Waals surface area contributed by atoms with Crippen LogP contribution in [0.15, 0.2) is 48.5 Å². The van der Waals surface area contributed by atoms with Crippen molar-refractivity contribution < 1.29 is 19.2 Å². The van der Waals surface area contributed by atoms with E-state index in [4.69, 9.17) is 0 Å². The fourth-order valence-electron chi connectivity index (χ4n) is 8.94. The second-order valence-corrected chi connectivity index (χ2v) is 15.2. The molecule has 2 aromatic rings. The van der Waals surface area contributed by atoms with Crippen molar-refractivity contribution in [1.82, 2.24) is 15.1 Å². The molecule has 7 nitrogen and oxygen atoms in total. The molecule has 1 unspecified atom stereocenters. The van der Waals surface area contributed by atoms with Gasteiger partial charge in [0.15, 0.2) is 0 Å². The van der Waals surface area contributed by atoms with Crippen LogP contribution in [0.2, 0.25) is 0 Å². The number of rotatable bonds is 8. The van der Waals surface area contributed by atoms with Gasteiger partial charge in [-0.2, -0.15) is 0 Å². The van der Waals surface area contributed by atoms with Gasteiger partial charge in [0, 0.05) is 38.5 Å². The lowest BCUT2D eigenvalue weighted by molar-refractivity contribution is -0.147. The zero-order valence-corrected chi connectivity index (χ0v) is 28.5. The van der Waals surface area contributed by atoms with Crippen LogP contribution in [0.5, 0.6) is 0 Å². The normalized spacial score (nSPS) is 22.8. The van der Waals surface area contributed by atoms with Crippen molar-refractivity contribution in [3.05, 3.63) is 70.8 Å². The molecule has 2 aliphatic heterocycles. The monoisotopic (exact) mass is 639 g/mol. The van der Waals surface area contributed by atoms with E-state index in [0.717, 1.165) is 54.7 Å². The average Bonchev–Trinajstić information content (AvgIpc) is 3.09. The van der Waals surface area contributed by atoms with E-state index in [1.165, 1.54) is 37.7 Å². The van der Waals surface area contributed by atoms with E-state index in [1.54, 1.807) is 6.92 Å². The number of piperidine rings is 2. The summed E-state index contributed by atoms with van der Waals surface area (Å²) in [5.41, 5.74) is 3.10. The maximum Gasteiger partial charge on any atom is 0.248 e. The zero-order chi connectivity index (χ0) is 33.0. The lowest BCUT2D eigenvalue weighted by atomic mass is 9.73. The molecule has 0 radical (unpaired) electrons. The Morgan fingerprint density at radius 2 is 1.36 bits per heavy atom. The minimum absolute atomic E-state index is 0.00611. The van der Waals surface area contributed by atoms with Crippen LogP contribution in [0.25, 0.3) is 0 Å². The highest BCUT2D eigenvalue weighted by Gasteiger charge is 2.43. The van der Waals surface area contributed by atoms with Gasteiger partial charge in [-0.15, -0.1) is 0 Å². The predicted molar refractivity (Wildman–Crippen MR) is 184 cm³/mol. The van der Waals surface area contributed by atoms with E-state index in [9.17, 15) is 19.2 Å². The lowest BCUT2D eigenvalue weighted by Gasteiger charge is -2.42. The lowest BCUT2D eigenvalue weighted by Crippen LogP contribution is -2.61. The third-order valence-electron chi connectivity index (χ3n) is 11.8. The van der Waals surface area contributed by atoms with Crippen molar-refractivity contribution in [1.29, 1.82) is 0 Å². The first-order valence-electron chi connectivity index (χ1n) is 18.2. The summed E-state index contributed by atoms with van der Waals surface area (Å²) in [6.07, 6.45) is 11.5. The van der Waals surface area contributed by atoms with Gasteiger partial charge >= 0.3 is 0 Å². The number of ketones is 1. The molecule has 2 saturated heterocycles. The van der Waals surface area contributed by atoms with Crippen molar-refractivity contribution in [2.45, 2.75) is 103 Å². The molecule has 3 amide bonds. The van der Waals surface area contributed by atoms with Gasteiger partial charge in [0.1, 0.15) is 11.3 Å². The topological polar surface area (TPSA) is 86.8 Å². The molecule has 4 aliphatic rings. The van der Waals surface area contributed by atoms with E-state index in [2.05, 4.69) is 17.4 Å². The van der Waals surface area contributed by atoms with E-state index >= 15 is 0 Å². The highest BCUT2D eigenvalue weighted by Crippen LogP contribution is 2.37. The van der Waals surface area contributed by atoms with Crippen LogP contribution in [-0.4, -0.2) is 65.0 Å². The van der Waals surface area contributed by atoms with Gasteiger partial charge < -0.3 is 15.1 Å². The van der Waals surface area contributed by atoms with Crippen molar-refractivity contribution in [3.8, 4) is 0 Å². The molecule has 0 aromatic heterocycles. The van der Waals surface area contributed by atoms with Gasteiger partial charge in [0.25, 0.3) is 0 Å². The van der Waals surface area contributed by atoms with E-state index in [0.29, 0.717) is 44.3 Å². The number of nitrogens with one attached hydrogen (secondary N) is 1. The molecular formula is C40H53N3O4. The van der Waals surface area contributed by atoms with Gasteiger partial charge in [0.2, 0.25) is 17.7 Å². The van der Waals surface area contributed by atoms with Gasteiger partial charge in [-0.25, -0.2) is 0 Å². The molecule has 7 heteroatoms. The fraction of sp³-hybridized carbons (Fsp3) is 0.600. The van der Waals surface area contributed by atoms with Crippen molar-refractivity contribution in [3.63, 3.8) is 0 Å². The standard InChI is InChI=1S/C40H53N3O4/c1-28-12-14-29(15-13-28)24-37(45)41-40(2,39(47)43-22-16-31(17-23-43)30-8-4-3-5-9-30)27-38(46)42-20-18-32(19-21-42)35-25-33-10-6-7-11-34(33)26-36(35)44/h6-7,10-15,30-32,35H,3-5,8-9,16-27H2,1-2H3,(H,41,45)/t35?,40-/m0/s1. The van der Waals surface area contributed by atoms with Crippen LogP contribution in [0.4, 0.5) is 0 Å². The van der Waals surface area contributed by atoms with Crippen LogP contribution >= 0.6 is 0 Å². The maximum atomic E-state index is 14.3. The number of carbonyl (C=O) groups is 4. The highest BCUT2D eigenvalue weighted by molar-refractivity contribution is 5.96. The molecule has 2 heterocycles. The summed E-state index contributed by atoms with van der Waals surface area (Å²) in [5.74, 6) is 1.51. The summed E-state index contributed by atoms with van der Waals surface area (Å²) in [7, 11) is 0.